The van der Waals surface area contributed by atoms with Crippen LogP contribution in [0.2, 0.25) is 0 Å². The molecule has 0 N–H and O–H groups in total. The molecule has 19 heavy (non-hydrogen) atoms. The summed E-state index contributed by atoms with van der Waals surface area (Å²) in [6.07, 6.45) is 1.44. The standard InChI is InChI=1S/C12H17N3O4/c1-2-13-4-3-10(16)15(12(13)18)9-11(17)14-5-7-19-8-6-14/h3-4H,2,5-9H2,1H3. The lowest BCUT2D eigenvalue weighted by Crippen LogP contribution is -2.47. The Morgan fingerprint density at radius 1 is 1.32 bits per heavy atom. The molecule has 0 unspecified atom stereocenters. The Labute approximate surface area is 110 Å². The number of nitrogens with zero attached hydrogens (tertiary/aromatic N) is 3. The number of rotatable bonds is 3. The summed E-state index contributed by atoms with van der Waals surface area (Å²) in [5, 5.41) is 0. The van der Waals surface area contributed by atoms with Gasteiger partial charge in [-0.25, -0.2) is 4.79 Å². The van der Waals surface area contributed by atoms with Crippen LogP contribution >= 0.6 is 0 Å². The van der Waals surface area contributed by atoms with E-state index in [2.05, 4.69) is 0 Å². The van der Waals surface area contributed by atoms with Crippen molar-refractivity contribution in [3.8, 4) is 0 Å². The van der Waals surface area contributed by atoms with Gasteiger partial charge in [0.05, 0.1) is 13.2 Å². The van der Waals surface area contributed by atoms with Gasteiger partial charge in [0.15, 0.2) is 0 Å². The lowest BCUT2D eigenvalue weighted by Gasteiger charge is -2.26. The summed E-state index contributed by atoms with van der Waals surface area (Å²) in [6.45, 7) is 4.05. The third-order valence-electron chi connectivity index (χ3n) is 3.14. The van der Waals surface area contributed by atoms with Crippen molar-refractivity contribution in [1.82, 2.24) is 14.0 Å². The van der Waals surface area contributed by atoms with Gasteiger partial charge in [-0.05, 0) is 6.92 Å². The third-order valence-corrected chi connectivity index (χ3v) is 3.14. The van der Waals surface area contributed by atoms with Crippen molar-refractivity contribution in [2.24, 2.45) is 0 Å². The second-order valence-corrected chi connectivity index (χ2v) is 4.30. The van der Waals surface area contributed by atoms with Gasteiger partial charge in [-0.1, -0.05) is 0 Å². The smallest absolute Gasteiger partial charge is 0.331 e. The topological polar surface area (TPSA) is 73.5 Å². The summed E-state index contributed by atoms with van der Waals surface area (Å²) in [5.74, 6) is -0.226. The molecule has 104 valence electrons. The van der Waals surface area contributed by atoms with Crippen molar-refractivity contribution < 1.29 is 9.53 Å². The first-order chi connectivity index (χ1) is 9.13. The molecule has 1 fully saturated rings. The van der Waals surface area contributed by atoms with E-state index in [0.29, 0.717) is 32.8 Å². The van der Waals surface area contributed by atoms with Crippen LogP contribution in [0.5, 0.6) is 0 Å². The predicted molar refractivity (Wildman–Crippen MR) is 68.0 cm³/mol. The quantitative estimate of drug-likeness (QED) is 0.696. The Balaban J connectivity index is 2.21. The van der Waals surface area contributed by atoms with Crippen molar-refractivity contribution >= 4 is 5.91 Å². The SMILES string of the molecule is CCn1ccc(=O)n(CC(=O)N2CCOCC2)c1=O. The molecule has 0 aliphatic carbocycles. The highest BCUT2D eigenvalue weighted by molar-refractivity contribution is 5.76. The molecule has 7 nitrogen and oxygen atoms in total. The fraction of sp³-hybridized carbons (Fsp3) is 0.583. The maximum atomic E-state index is 12.0. The highest BCUT2D eigenvalue weighted by Gasteiger charge is 2.18. The number of amides is 1. The Kier molecular flexibility index (Phi) is 4.16. The second-order valence-electron chi connectivity index (χ2n) is 4.30. The Morgan fingerprint density at radius 3 is 2.63 bits per heavy atom. The van der Waals surface area contributed by atoms with Crippen LogP contribution < -0.4 is 11.2 Å². The van der Waals surface area contributed by atoms with E-state index in [0.717, 1.165) is 4.57 Å². The molecule has 0 saturated carbocycles. The Morgan fingerprint density at radius 2 is 2.00 bits per heavy atom. The van der Waals surface area contributed by atoms with E-state index in [-0.39, 0.29) is 12.5 Å². The van der Waals surface area contributed by atoms with E-state index in [4.69, 9.17) is 4.74 Å². The molecule has 1 amide bonds. The summed E-state index contributed by atoms with van der Waals surface area (Å²) < 4.78 is 7.53. The van der Waals surface area contributed by atoms with Crippen LogP contribution in [0.15, 0.2) is 21.9 Å². The zero-order valence-electron chi connectivity index (χ0n) is 10.9. The molecule has 0 aromatic carbocycles. The van der Waals surface area contributed by atoms with Gasteiger partial charge in [-0.2, -0.15) is 0 Å². The van der Waals surface area contributed by atoms with Gasteiger partial charge < -0.3 is 14.2 Å². The van der Waals surface area contributed by atoms with Gasteiger partial charge in [0.25, 0.3) is 5.56 Å². The van der Waals surface area contributed by atoms with Crippen LogP contribution in [0.1, 0.15) is 6.92 Å². The van der Waals surface area contributed by atoms with Crippen molar-refractivity contribution in [2.45, 2.75) is 20.0 Å². The molecule has 2 heterocycles. The number of carbonyl (C=O) groups excluding carboxylic acids is 1. The molecule has 1 aliphatic rings. The average Bonchev–Trinajstić information content (AvgIpc) is 2.44. The first kappa shape index (κ1) is 13.5. The van der Waals surface area contributed by atoms with Gasteiger partial charge >= 0.3 is 5.69 Å². The van der Waals surface area contributed by atoms with E-state index in [1.807, 2.05) is 0 Å². The zero-order chi connectivity index (χ0) is 13.8. The van der Waals surface area contributed by atoms with Crippen LogP contribution in [-0.4, -0.2) is 46.2 Å². The molecule has 0 bridgehead atoms. The molecule has 1 aliphatic heterocycles. The molecule has 7 heteroatoms. The highest BCUT2D eigenvalue weighted by Crippen LogP contribution is 1.98. The van der Waals surface area contributed by atoms with Crippen molar-refractivity contribution in [3.05, 3.63) is 33.1 Å². The first-order valence-corrected chi connectivity index (χ1v) is 6.29. The molecule has 1 aromatic rings. The Bertz CT molecular complexity index is 569. The molecule has 1 saturated heterocycles. The van der Waals surface area contributed by atoms with Gasteiger partial charge in [0.2, 0.25) is 5.91 Å². The van der Waals surface area contributed by atoms with E-state index in [9.17, 15) is 14.4 Å². The monoisotopic (exact) mass is 267 g/mol. The third kappa shape index (κ3) is 2.93. The van der Waals surface area contributed by atoms with Crippen molar-refractivity contribution in [3.63, 3.8) is 0 Å². The number of morpholine rings is 1. The summed E-state index contributed by atoms with van der Waals surface area (Å²) in [7, 11) is 0. The average molecular weight is 267 g/mol. The maximum absolute atomic E-state index is 12.0. The van der Waals surface area contributed by atoms with Crippen LogP contribution in [0.3, 0.4) is 0 Å². The summed E-state index contributed by atoms with van der Waals surface area (Å²) in [4.78, 5) is 37.3. The maximum Gasteiger partial charge on any atom is 0.331 e. The van der Waals surface area contributed by atoms with Crippen LogP contribution in [0, 0.1) is 0 Å². The molecule has 0 spiro atoms. The van der Waals surface area contributed by atoms with Crippen LogP contribution in [0.25, 0.3) is 0 Å². The van der Waals surface area contributed by atoms with Gasteiger partial charge in [0, 0.05) is 31.9 Å². The molecule has 0 radical (unpaired) electrons. The first-order valence-electron chi connectivity index (χ1n) is 6.29. The lowest BCUT2D eigenvalue weighted by molar-refractivity contribution is -0.136. The number of hydrogen-bond donors (Lipinski definition) is 0. The zero-order valence-corrected chi connectivity index (χ0v) is 10.9. The van der Waals surface area contributed by atoms with Crippen molar-refractivity contribution in [2.75, 3.05) is 26.3 Å². The number of aryl methyl sites for hydroxylation is 1. The van der Waals surface area contributed by atoms with Crippen molar-refractivity contribution in [1.29, 1.82) is 0 Å². The fourth-order valence-corrected chi connectivity index (χ4v) is 1.99. The van der Waals surface area contributed by atoms with E-state index in [1.165, 1.54) is 16.8 Å². The number of hydrogen-bond acceptors (Lipinski definition) is 4. The minimum atomic E-state index is -0.448. The van der Waals surface area contributed by atoms with Gasteiger partial charge in [0.1, 0.15) is 6.54 Å². The molecular weight excluding hydrogens is 250 g/mol. The van der Waals surface area contributed by atoms with E-state index in [1.54, 1.807) is 11.8 Å². The summed E-state index contributed by atoms with van der Waals surface area (Å²) in [5.41, 5.74) is -0.895. The second kappa shape index (κ2) is 5.83. The normalized spacial score (nSPS) is 15.5. The van der Waals surface area contributed by atoms with Gasteiger partial charge in [-0.3, -0.25) is 14.2 Å². The lowest BCUT2D eigenvalue weighted by atomic mass is 10.4. The molecule has 1 aromatic heterocycles. The summed E-state index contributed by atoms with van der Waals surface area (Å²) in [6, 6.07) is 1.30. The van der Waals surface area contributed by atoms with E-state index < -0.39 is 11.2 Å². The predicted octanol–water partition coefficient (Wildman–Crippen LogP) is -1.11. The molecule has 0 atom stereocenters. The number of carbonyl (C=O) groups is 1. The fourth-order valence-electron chi connectivity index (χ4n) is 1.99. The van der Waals surface area contributed by atoms with Gasteiger partial charge in [-0.15, -0.1) is 0 Å². The highest BCUT2D eigenvalue weighted by atomic mass is 16.5. The summed E-state index contributed by atoms with van der Waals surface area (Å²) >= 11 is 0. The minimum absolute atomic E-state index is 0.210. The van der Waals surface area contributed by atoms with Crippen LogP contribution in [-0.2, 0) is 22.6 Å². The van der Waals surface area contributed by atoms with E-state index >= 15 is 0 Å². The largest absolute Gasteiger partial charge is 0.378 e. The molecular formula is C12H17N3O4. The van der Waals surface area contributed by atoms with Crippen LogP contribution in [0.4, 0.5) is 0 Å². The molecule has 2 rings (SSSR count). The minimum Gasteiger partial charge on any atom is -0.378 e. The Hall–Kier alpha value is -1.89. The number of ether oxygens (including phenoxy) is 1. The number of aromatic nitrogens is 2.